The Morgan fingerprint density at radius 2 is 1.39 bits per heavy atom. The lowest BCUT2D eigenvalue weighted by Crippen LogP contribution is -2.31. The van der Waals surface area contributed by atoms with E-state index in [9.17, 15) is 2.74 Å². The number of ether oxygens (including phenoxy) is 1. The lowest BCUT2D eigenvalue weighted by molar-refractivity contribution is -0.571. The van der Waals surface area contributed by atoms with Crippen molar-refractivity contribution < 1.29 is 16.2 Å². The highest BCUT2D eigenvalue weighted by molar-refractivity contribution is 6.09. The fraction of sp³-hybridized carbons (Fsp3) is 0.143. The summed E-state index contributed by atoms with van der Waals surface area (Å²) in [4.78, 5) is 4.87. The van der Waals surface area contributed by atoms with Crippen LogP contribution in [-0.2, 0) is 29.7 Å². The zero-order valence-electron chi connectivity index (χ0n) is 39.3. The van der Waals surface area contributed by atoms with Crippen LogP contribution >= 0.6 is 0 Å². The first-order valence-electron chi connectivity index (χ1n) is 23.2. The molecule has 296 valence electrons. The molecule has 5 heteroatoms. The number of hydrogen-bond acceptors (Lipinski definition) is 2. The summed E-state index contributed by atoms with van der Waals surface area (Å²) < 4.78 is 57.2. The minimum absolute atomic E-state index is 0.148. The fourth-order valence-corrected chi connectivity index (χ4v) is 8.86. The normalized spacial score (nSPS) is 14.4. The van der Waals surface area contributed by atoms with Crippen molar-refractivity contribution in [1.29, 1.82) is 0 Å². The number of aryl methyl sites for hydroxylation is 1. The number of hydrogen-bond donors (Lipinski definition) is 0. The molecule has 7 aromatic carbocycles. The fourth-order valence-electron chi connectivity index (χ4n) is 8.86. The van der Waals surface area contributed by atoms with E-state index in [1.54, 1.807) is 6.07 Å². The van der Waals surface area contributed by atoms with E-state index in [0.29, 0.717) is 24.3 Å². The van der Waals surface area contributed by atoms with Crippen LogP contribution in [0.3, 0.4) is 0 Å². The van der Waals surface area contributed by atoms with Crippen molar-refractivity contribution in [2.45, 2.75) is 52.6 Å². The van der Waals surface area contributed by atoms with Gasteiger partial charge in [0.15, 0.2) is 0 Å². The van der Waals surface area contributed by atoms with Crippen molar-refractivity contribution in [3.63, 3.8) is 0 Å². The Balaban J connectivity index is 1.08. The van der Waals surface area contributed by atoms with Crippen molar-refractivity contribution in [2.24, 2.45) is 0 Å². The second kappa shape index (κ2) is 14.6. The zero-order chi connectivity index (χ0) is 45.5. The van der Waals surface area contributed by atoms with Crippen LogP contribution in [-0.4, -0.2) is 14.1 Å². The maximum Gasteiger partial charge on any atom is 0.269 e. The van der Waals surface area contributed by atoms with E-state index in [1.807, 2.05) is 143 Å². The first kappa shape index (κ1) is 31.8. The molecule has 5 nitrogen and oxygen atoms in total. The van der Waals surface area contributed by atoms with E-state index in [-0.39, 0.29) is 11.0 Å². The topological polar surface area (TPSA) is 35.9 Å². The van der Waals surface area contributed by atoms with E-state index in [1.165, 1.54) is 0 Å². The third kappa shape index (κ3) is 6.53. The Bertz CT molecular complexity index is 3530. The number of pyridine rings is 1. The van der Waals surface area contributed by atoms with E-state index in [0.717, 1.165) is 89.0 Å². The quantitative estimate of drug-likeness (QED) is 0.119. The summed E-state index contributed by atoms with van der Waals surface area (Å²) in [5.74, 6) is 0.766. The van der Waals surface area contributed by atoms with Gasteiger partial charge in [0.25, 0.3) is 6.33 Å². The molecular formula is C56H46N4O. The molecule has 0 bridgehead atoms. The molecule has 0 aliphatic carbocycles. The van der Waals surface area contributed by atoms with Gasteiger partial charge in [-0.1, -0.05) is 160 Å². The predicted molar refractivity (Wildman–Crippen MR) is 248 cm³/mol. The SMILES string of the molecule is [2H]C([2H])([2H])c1cc(-c2ccccc2)c(-[n+]2[c-]n(-c3cccc(C([2H])([2H])c4ccc5c6ccccc6n(-c6cc7c(cn6)COC7)c5c4)c3)c3ccccc32)c(-c2cccc(C(C)(C)C)c2)c1. The van der Waals surface area contributed by atoms with Crippen molar-refractivity contribution in [1.82, 2.24) is 14.1 Å². The van der Waals surface area contributed by atoms with Crippen LogP contribution in [0, 0.1) is 13.2 Å². The minimum Gasteiger partial charge on any atom is -0.372 e. The van der Waals surface area contributed by atoms with Crippen LogP contribution in [0.1, 0.15) is 61.0 Å². The van der Waals surface area contributed by atoms with Crippen LogP contribution in [0.25, 0.3) is 72.3 Å². The summed E-state index contributed by atoms with van der Waals surface area (Å²) in [5.41, 5.74) is 12.8. The molecule has 1 aliphatic heterocycles. The third-order valence-electron chi connectivity index (χ3n) is 11.9. The molecule has 0 radical (unpaired) electrons. The summed E-state index contributed by atoms with van der Waals surface area (Å²) in [6, 6.07) is 53.7. The van der Waals surface area contributed by atoms with Gasteiger partial charge in [0.1, 0.15) is 5.82 Å². The van der Waals surface area contributed by atoms with Gasteiger partial charge in [-0.3, -0.25) is 13.7 Å². The van der Waals surface area contributed by atoms with Gasteiger partial charge >= 0.3 is 0 Å². The number of nitrogens with zero attached hydrogens (tertiary/aromatic N) is 4. The molecule has 61 heavy (non-hydrogen) atoms. The number of imidazole rings is 1. The van der Waals surface area contributed by atoms with Crippen molar-refractivity contribution in [3.05, 3.63) is 210 Å². The summed E-state index contributed by atoms with van der Waals surface area (Å²) in [5, 5.41) is 2.08. The molecule has 0 atom stereocenters. The summed E-state index contributed by atoms with van der Waals surface area (Å²) in [6.07, 6.45) is 3.68. The maximum atomic E-state index is 9.79. The lowest BCUT2D eigenvalue weighted by atomic mass is 9.84. The summed E-state index contributed by atoms with van der Waals surface area (Å²) in [6.45, 7) is 5.25. The Morgan fingerprint density at radius 3 is 2.25 bits per heavy atom. The predicted octanol–water partition coefficient (Wildman–Crippen LogP) is 12.8. The molecule has 0 saturated carbocycles. The average Bonchev–Trinajstić information content (AvgIpc) is 4.05. The molecule has 11 rings (SSSR count). The number of para-hydroxylation sites is 3. The highest BCUT2D eigenvalue weighted by Gasteiger charge is 2.23. The lowest BCUT2D eigenvalue weighted by Gasteiger charge is -2.22. The monoisotopic (exact) mass is 795 g/mol. The standard InChI is InChI=1S/C56H46N4O/c1-37-26-48(40-15-6-5-7-16-40)55(49(27-37)41-17-13-18-44(31-41)56(2,3)4)59-36-58(51-22-10-11-23-52(51)59)45-19-12-14-38(29-45)28-39-24-25-47-46-20-8-9-21-50(46)60(53(47)30-39)54-32-42-34-61-35-43(42)33-57-54/h5-27,29-33H,28,34-35H2,1-4H3/i1D3,28D2. The van der Waals surface area contributed by atoms with Gasteiger partial charge in [0.05, 0.1) is 46.7 Å². The summed E-state index contributed by atoms with van der Waals surface area (Å²) in [7, 11) is 0. The molecule has 0 spiro atoms. The summed E-state index contributed by atoms with van der Waals surface area (Å²) >= 11 is 0. The molecule has 0 unspecified atom stereocenters. The van der Waals surface area contributed by atoms with Crippen molar-refractivity contribution in [2.75, 3.05) is 0 Å². The van der Waals surface area contributed by atoms with Crippen LogP contribution in [0.2, 0.25) is 0 Å². The first-order valence-corrected chi connectivity index (χ1v) is 20.7. The second-order valence-electron chi connectivity index (χ2n) is 16.9. The van der Waals surface area contributed by atoms with Gasteiger partial charge in [-0.25, -0.2) is 4.98 Å². The van der Waals surface area contributed by atoms with Gasteiger partial charge in [0.2, 0.25) is 0 Å². The highest BCUT2D eigenvalue weighted by atomic mass is 16.5. The van der Waals surface area contributed by atoms with Crippen LogP contribution in [0.4, 0.5) is 0 Å². The van der Waals surface area contributed by atoms with E-state index in [4.69, 9.17) is 13.8 Å². The highest BCUT2D eigenvalue weighted by Crippen LogP contribution is 2.38. The van der Waals surface area contributed by atoms with Gasteiger partial charge < -0.3 is 4.74 Å². The first-order chi connectivity index (χ1) is 31.7. The van der Waals surface area contributed by atoms with Gasteiger partial charge in [-0.2, -0.15) is 0 Å². The molecule has 10 aromatic rings. The Kier molecular flexibility index (Phi) is 7.60. The van der Waals surface area contributed by atoms with Crippen LogP contribution in [0.5, 0.6) is 0 Å². The number of rotatable bonds is 7. The average molecular weight is 796 g/mol. The number of benzene rings is 7. The Morgan fingerprint density at radius 1 is 0.672 bits per heavy atom. The molecule has 3 aromatic heterocycles. The van der Waals surface area contributed by atoms with Crippen molar-refractivity contribution in [3.8, 4) is 39.4 Å². The maximum absolute atomic E-state index is 9.79. The van der Waals surface area contributed by atoms with E-state index >= 15 is 0 Å². The van der Waals surface area contributed by atoms with E-state index in [2.05, 4.69) is 62.0 Å². The number of aromatic nitrogens is 4. The molecule has 0 N–H and O–H groups in total. The zero-order valence-corrected chi connectivity index (χ0v) is 34.3. The smallest absolute Gasteiger partial charge is 0.269 e. The number of fused-ring (bicyclic) bond motifs is 5. The third-order valence-corrected chi connectivity index (χ3v) is 11.9. The Hall–Kier alpha value is -7.08. The molecule has 0 saturated heterocycles. The Labute approximate surface area is 363 Å². The molecule has 1 aliphatic rings. The van der Waals surface area contributed by atoms with Crippen LogP contribution in [0.15, 0.2) is 170 Å². The van der Waals surface area contributed by atoms with Gasteiger partial charge in [0, 0.05) is 29.4 Å². The van der Waals surface area contributed by atoms with Gasteiger partial charge in [-0.05, 0) is 93.5 Å². The largest absolute Gasteiger partial charge is 0.372 e. The molecule has 4 heterocycles. The van der Waals surface area contributed by atoms with Crippen molar-refractivity contribution >= 4 is 32.8 Å². The van der Waals surface area contributed by atoms with E-state index < -0.39 is 13.2 Å². The minimum atomic E-state index is -2.37. The molecule has 0 fully saturated rings. The molecule has 0 amide bonds. The van der Waals surface area contributed by atoms with Gasteiger partial charge in [-0.15, -0.1) is 0 Å². The second-order valence-corrected chi connectivity index (χ2v) is 16.9. The van der Waals surface area contributed by atoms with Crippen LogP contribution < -0.4 is 4.57 Å². The molecular weight excluding hydrogens is 745 g/mol.